The van der Waals surface area contributed by atoms with Crippen molar-refractivity contribution in [1.82, 2.24) is 9.97 Å². The zero-order valence-electron chi connectivity index (χ0n) is 13.2. The van der Waals surface area contributed by atoms with Gasteiger partial charge in [0.1, 0.15) is 17.9 Å². The predicted octanol–water partition coefficient (Wildman–Crippen LogP) is 4.33. The molecule has 0 radical (unpaired) electrons. The number of benzene rings is 1. The summed E-state index contributed by atoms with van der Waals surface area (Å²) in [7, 11) is 1.56. The van der Waals surface area contributed by atoms with Gasteiger partial charge in [-0.2, -0.15) is 10.5 Å². The van der Waals surface area contributed by atoms with Gasteiger partial charge < -0.3 is 4.74 Å². The maximum atomic E-state index is 9.42. The van der Waals surface area contributed by atoms with Gasteiger partial charge >= 0.3 is 0 Å². The number of ether oxygens (including phenoxy) is 1. The van der Waals surface area contributed by atoms with Gasteiger partial charge in [-0.05, 0) is 46.3 Å². The molecule has 0 spiro atoms. The van der Waals surface area contributed by atoms with Gasteiger partial charge in [-0.15, -0.1) is 0 Å². The fraction of sp³-hybridized carbons (Fsp3) is 0.0526. The monoisotopic (exact) mass is 390 g/mol. The normalized spacial score (nSPS) is 9.92. The van der Waals surface area contributed by atoms with Crippen LogP contribution in [-0.4, -0.2) is 17.1 Å². The van der Waals surface area contributed by atoms with Crippen molar-refractivity contribution in [2.45, 2.75) is 0 Å². The smallest absolute Gasteiger partial charge is 0.130 e. The molecular formula is C19H11BrN4O. The second-order valence-corrected chi connectivity index (χ2v) is 5.95. The number of nitriles is 2. The first-order chi connectivity index (χ1) is 12.2. The zero-order valence-corrected chi connectivity index (χ0v) is 14.8. The largest absolute Gasteiger partial charge is 0.496 e. The maximum Gasteiger partial charge on any atom is 0.130 e. The molecule has 0 N–H and O–H groups in total. The average Bonchev–Trinajstić information content (AvgIpc) is 2.67. The van der Waals surface area contributed by atoms with E-state index in [9.17, 15) is 5.26 Å². The van der Waals surface area contributed by atoms with Gasteiger partial charge in [0.15, 0.2) is 0 Å². The number of hydrogen-bond acceptors (Lipinski definition) is 5. The van der Waals surface area contributed by atoms with Crippen molar-refractivity contribution < 1.29 is 4.74 Å². The molecule has 0 saturated carbocycles. The van der Waals surface area contributed by atoms with E-state index in [1.165, 1.54) is 12.3 Å². The van der Waals surface area contributed by atoms with E-state index >= 15 is 0 Å². The van der Waals surface area contributed by atoms with Gasteiger partial charge in [0.25, 0.3) is 0 Å². The minimum atomic E-state index is 0.309. The minimum absolute atomic E-state index is 0.309. The molecule has 5 nitrogen and oxygen atoms in total. The predicted molar refractivity (Wildman–Crippen MR) is 96.6 cm³/mol. The standard InChI is InChI=1S/C19H11BrN4O/c1-25-17-8-13(16-4-2-3-5-23-16)7-15(20)18(17)19-14(10-22)6-12(9-21)11-24-19/h2-8,11H,1H3. The number of hydrogen-bond donors (Lipinski definition) is 0. The highest BCUT2D eigenvalue weighted by molar-refractivity contribution is 9.10. The van der Waals surface area contributed by atoms with E-state index in [1.54, 1.807) is 13.3 Å². The van der Waals surface area contributed by atoms with E-state index in [0.29, 0.717) is 28.1 Å². The SMILES string of the molecule is COc1cc(-c2ccccn2)cc(Br)c1-c1ncc(C#N)cc1C#N. The lowest BCUT2D eigenvalue weighted by molar-refractivity contribution is 0.416. The van der Waals surface area contributed by atoms with Gasteiger partial charge in [-0.1, -0.05) is 6.07 Å². The van der Waals surface area contributed by atoms with E-state index in [-0.39, 0.29) is 0 Å². The summed E-state index contributed by atoms with van der Waals surface area (Å²) in [5.74, 6) is 0.559. The highest BCUT2D eigenvalue weighted by Gasteiger charge is 2.18. The Morgan fingerprint density at radius 3 is 2.56 bits per heavy atom. The van der Waals surface area contributed by atoms with Crippen LogP contribution in [0.25, 0.3) is 22.5 Å². The minimum Gasteiger partial charge on any atom is -0.496 e. The first kappa shape index (κ1) is 16.6. The fourth-order valence-electron chi connectivity index (χ4n) is 2.46. The third kappa shape index (κ3) is 3.21. The summed E-state index contributed by atoms with van der Waals surface area (Å²) in [6, 6.07) is 15.0. The molecule has 0 unspecified atom stereocenters. The molecule has 0 atom stereocenters. The van der Waals surface area contributed by atoms with E-state index in [2.05, 4.69) is 32.0 Å². The molecule has 3 rings (SSSR count). The molecule has 3 aromatic rings. The number of methoxy groups -OCH3 is 1. The second kappa shape index (κ2) is 7.12. The van der Waals surface area contributed by atoms with Crippen LogP contribution >= 0.6 is 15.9 Å². The molecular weight excluding hydrogens is 380 g/mol. The average molecular weight is 391 g/mol. The van der Waals surface area contributed by atoms with E-state index in [4.69, 9.17) is 10.00 Å². The summed E-state index contributed by atoms with van der Waals surface area (Å²) in [6.07, 6.45) is 3.16. The Kier molecular flexibility index (Phi) is 4.74. The molecule has 6 heteroatoms. The molecule has 2 aromatic heterocycles. The van der Waals surface area contributed by atoms with Crippen molar-refractivity contribution in [3.63, 3.8) is 0 Å². The third-order valence-corrected chi connectivity index (χ3v) is 4.23. The van der Waals surface area contributed by atoms with Crippen molar-refractivity contribution in [2.75, 3.05) is 7.11 Å². The Morgan fingerprint density at radius 2 is 1.92 bits per heavy atom. The second-order valence-electron chi connectivity index (χ2n) is 5.09. The van der Waals surface area contributed by atoms with Gasteiger partial charge in [0, 0.05) is 22.4 Å². The molecule has 0 saturated heterocycles. The van der Waals surface area contributed by atoms with Gasteiger partial charge in [-0.3, -0.25) is 9.97 Å². The van der Waals surface area contributed by atoms with E-state index < -0.39 is 0 Å². The number of nitrogens with zero attached hydrogens (tertiary/aromatic N) is 4. The zero-order chi connectivity index (χ0) is 17.8. The van der Waals surface area contributed by atoms with Crippen molar-refractivity contribution in [3.8, 4) is 40.4 Å². The van der Waals surface area contributed by atoms with E-state index in [0.717, 1.165) is 15.7 Å². The molecule has 2 heterocycles. The molecule has 0 bridgehead atoms. The lowest BCUT2D eigenvalue weighted by atomic mass is 10.0. The molecule has 25 heavy (non-hydrogen) atoms. The van der Waals surface area contributed by atoms with E-state index in [1.807, 2.05) is 36.4 Å². The van der Waals surface area contributed by atoms with Crippen LogP contribution in [0.2, 0.25) is 0 Å². The van der Waals surface area contributed by atoms with Crippen LogP contribution in [0.4, 0.5) is 0 Å². The highest BCUT2D eigenvalue weighted by atomic mass is 79.9. The Morgan fingerprint density at radius 1 is 1.08 bits per heavy atom. The van der Waals surface area contributed by atoms with Crippen molar-refractivity contribution >= 4 is 15.9 Å². The summed E-state index contributed by atoms with van der Waals surface area (Å²) >= 11 is 3.55. The van der Waals surface area contributed by atoms with Crippen LogP contribution in [0.3, 0.4) is 0 Å². The molecule has 0 amide bonds. The quantitative estimate of drug-likeness (QED) is 0.664. The number of rotatable bonds is 3. The van der Waals surface area contributed by atoms with Crippen molar-refractivity contribution in [1.29, 1.82) is 10.5 Å². The molecule has 0 fully saturated rings. The third-order valence-electron chi connectivity index (χ3n) is 3.61. The van der Waals surface area contributed by atoms with Gasteiger partial charge in [-0.25, -0.2) is 0 Å². The van der Waals surface area contributed by atoms with Crippen LogP contribution in [0.15, 0.2) is 53.3 Å². The van der Waals surface area contributed by atoms with Crippen LogP contribution in [-0.2, 0) is 0 Å². The van der Waals surface area contributed by atoms with Crippen LogP contribution < -0.4 is 4.74 Å². The summed E-state index contributed by atoms with van der Waals surface area (Å²) in [5.41, 5.74) is 3.44. The molecule has 0 aliphatic heterocycles. The summed E-state index contributed by atoms with van der Waals surface area (Å²) < 4.78 is 6.25. The first-order valence-corrected chi connectivity index (χ1v) is 8.06. The molecule has 1 aromatic carbocycles. The van der Waals surface area contributed by atoms with Crippen LogP contribution in [0.5, 0.6) is 5.75 Å². The number of aromatic nitrogens is 2. The highest BCUT2D eigenvalue weighted by Crippen LogP contribution is 2.40. The molecule has 120 valence electrons. The Bertz CT molecular complexity index is 1020. The Balaban J connectivity index is 2.22. The summed E-state index contributed by atoms with van der Waals surface area (Å²) in [4.78, 5) is 8.64. The van der Waals surface area contributed by atoms with Gasteiger partial charge in [0.2, 0.25) is 0 Å². The lowest BCUT2D eigenvalue weighted by Gasteiger charge is -2.14. The van der Waals surface area contributed by atoms with Crippen molar-refractivity contribution in [2.24, 2.45) is 0 Å². The summed E-state index contributed by atoms with van der Waals surface area (Å²) in [5, 5.41) is 18.4. The fourth-order valence-corrected chi connectivity index (χ4v) is 3.09. The topological polar surface area (TPSA) is 82.6 Å². The maximum absolute atomic E-state index is 9.42. The summed E-state index contributed by atoms with van der Waals surface area (Å²) in [6.45, 7) is 0. The number of halogens is 1. The number of pyridine rings is 2. The lowest BCUT2D eigenvalue weighted by Crippen LogP contribution is -1.97. The Labute approximate surface area is 153 Å². The van der Waals surface area contributed by atoms with Crippen molar-refractivity contribution in [3.05, 3.63) is 64.4 Å². The molecule has 0 aliphatic rings. The van der Waals surface area contributed by atoms with Gasteiger partial charge in [0.05, 0.1) is 35.2 Å². The van der Waals surface area contributed by atoms with Crippen LogP contribution in [0.1, 0.15) is 11.1 Å². The molecule has 0 aliphatic carbocycles. The first-order valence-electron chi connectivity index (χ1n) is 7.27. The Hall–Kier alpha value is -3.22. The van der Waals surface area contributed by atoms with Crippen LogP contribution in [0, 0.1) is 22.7 Å².